The molecule has 2 saturated heterocycles. The molecule has 0 saturated carbocycles. The minimum Gasteiger partial charge on any atom is -0.496 e. The van der Waals surface area contributed by atoms with Crippen molar-refractivity contribution in [3.63, 3.8) is 0 Å². The van der Waals surface area contributed by atoms with Crippen molar-refractivity contribution in [2.45, 2.75) is 64.1 Å². The molecule has 0 aliphatic carbocycles. The van der Waals surface area contributed by atoms with E-state index in [1.165, 1.54) is 16.7 Å². The Morgan fingerprint density at radius 3 is 1.55 bits per heavy atom. The number of nitrogens with zero attached hydrogens (tertiary/aromatic N) is 4. The summed E-state index contributed by atoms with van der Waals surface area (Å²) in [5.41, 5.74) is 7.16. The quantitative estimate of drug-likeness (QED) is 0.243. The first-order valence-electron chi connectivity index (χ1n) is 22.2. The van der Waals surface area contributed by atoms with Crippen LogP contribution in [0.1, 0.15) is 46.2 Å². The molecular weight excluding hydrogens is 789 g/mol. The van der Waals surface area contributed by atoms with Gasteiger partial charge in [0.2, 0.25) is 0 Å². The summed E-state index contributed by atoms with van der Waals surface area (Å²) in [4.78, 5) is 35.0. The standard InChI is InChI=1S/C25H30N2O5.C24H28N2O4/c1-29-21-6-3-2-5-19(21)15-26-9-12-32-24(17-26)25(28)27-8-7-18-13-22-23(14-20(18)16-27)31-11-4-10-30-22;27-24(23-17-25(9-12-30-23)15-18-5-2-1-3-6-18)26-8-7-19-13-21-22(14-20(19)16-26)29-11-4-10-28-21/h2-3,5-6,13-14,24H,4,7-12,15-17H2,1H3;1-3,5-6,13-14,23H,4,7-12,15-17H2. The third-order valence-electron chi connectivity index (χ3n) is 12.5. The molecule has 10 rings (SSSR count). The second-order valence-corrected chi connectivity index (χ2v) is 16.7. The van der Waals surface area contributed by atoms with Crippen LogP contribution in [-0.4, -0.2) is 130 Å². The zero-order valence-corrected chi connectivity index (χ0v) is 35.8. The molecule has 13 heteroatoms. The number of methoxy groups -OCH3 is 1. The molecular formula is C49H58N4O9. The van der Waals surface area contributed by atoms with E-state index in [2.05, 4.69) is 58.3 Å². The molecule has 0 N–H and O–H groups in total. The van der Waals surface area contributed by atoms with Gasteiger partial charge in [0, 0.05) is 83.9 Å². The Morgan fingerprint density at radius 1 is 0.565 bits per heavy atom. The van der Waals surface area contributed by atoms with E-state index in [4.69, 9.17) is 33.2 Å². The Morgan fingerprint density at radius 2 is 1.03 bits per heavy atom. The van der Waals surface area contributed by atoms with Crippen LogP contribution in [0.5, 0.6) is 28.7 Å². The van der Waals surface area contributed by atoms with Gasteiger partial charge in [-0.25, -0.2) is 0 Å². The molecule has 4 aromatic rings. The van der Waals surface area contributed by atoms with Crippen molar-refractivity contribution in [2.75, 3.05) is 86.0 Å². The van der Waals surface area contributed by atoms with Gasteiger partial charge < -0.3 is 43.0 Å². The van der Waals surface area contributed by atoms with Gasteiger partial charge >= 0.3 is 0 Å². The molecule has 62 heavy (non-hydrogen) atoms. The molecule has 0 bridgehead atoms. The van der Waals surface area contributed by atoms with Gasteiger partial charge in [-0.15, -0.1) is 0 Å². The number of hydrogen-bond acceptors (Lipinski definition) is 11. The highest BCUT2D eigenvalue weighted by atomic mass is 16.5. The normalized spacial score (nSPS) is 21.2. The van der Waals surface area contributed by atoms with Crippen LogP contribution >= 0.6 is 0 Å². The predicted octanol–water partition coefficient (Wildman–Crippen LogP) is 5.28. The van der Waals surface area contributed by atoms with Gasteiger partial charge in [0.15, 0.2) is 23.0 Å². The molecule has 0 aromatic heterocycles. The van der Waals surface area contributed by atoms with E-state index >= 15 is 0 Å². The summed E-state index contributed by atoms with van der Waals surface area (Å²) >= 11 is 0. The van der Waals surface area contributed by atoms with Crippen molar-refractivity contribution in [3.05, 3.63) is 112 Å². The van der Waals surface area contributed by atoms with Crippen LogP contribution in [0, 0.1) is 0 Å². The van der Waals surface area contributed by atoms with Crippen LogP contribution in [0.2, 0.25) is 0 Å². The number of rotatable bonds is 7. The lowest BCUT2D eigenvalue weighted by Gasteiger charge is -2.37. The highest BCUT2D eigenvalue weighted by Crippen LogP contribution is 2.37. The molecule has 2 amide bonds. The van der Waals surface area contributed by atoms with E-state index in [9.17, 15) is 9.59 Å². The van der Waals surface area contributed by atoms with Crippen molar-refractivity contribution in [2.24, 2.45) is 0 Å². The van der Waals surface area contributed by atoms with E-state index < -0.39 is 12.2 Å². The second kappa shape index (κ2) is 19.8. The largest absolute Gasteiger partial charge is 0.496 e. The summed E-state index contributed by atoms with van der Waals surface area (Å²) in [6.45, 7) is 10.9. The minimum absolute atomic E-state index is 0.0625. The molecule has 4 aromatic carbocycles. The number of ether oxygens (including phenoxy) is 7. The lowest BCUT2D eigenvalue weighted by molar-refractivity contribution is -0.151. The monoisotopic (exact) mass is 846 g/mol. The van der Waals surface area contributed by atoms with Crippen molar-refractivity contribution < 1.29 is 42.7 Å². The zero-order valence-electron chi connectivity index (χ0n) is 35.8. The molecule has 0 spiro atoms. The van der Waals surface area contributed by atoms with Crippen molar-refractivity contribution in [1.29, 1.82) is 0 Å². The average molecular weight is 847 g/mol. The predicted molar refractivity (Wildman–Crippen MR) is 232 cm³/mol. The van der Waals surface area contributed by atoms with E-state index in [0.717, 1.165) is 97.3 Å². The van der Waals surface area contributed by atoms with Crippen molar-refractivity contribution in [3.8, 4) is 28.7 Å². The van der Waals surface area contributed by atoms with Gasteiger partial charge in [0.05, 0.1) is 46.8 Å². The van der Waals surface area contributed by atoms with Crippen LogP contribution in [0.3, 0.4) is 0 Å². The lowest BCUT2D eigenvalue weighted by atomic mass is 9.98. The number of benzene rings is 4. The summed E-state index contributed by atoms with van der Waals surface area (Å²) in [6, 6.07) is 26.7. The third kappa shape index (κ3) is 9.97. The van der Waals surface area contributed by atoms with E-state index in [1.54, 1.807) is 7.11 Å². The lowest BCUT2D eigenvalue weighted by Crippen LogP contribution is -2.51. The highest BCUT2D eigenvalue weighted by Gasteiger charge is 2.34. The smallest absolute Gasteiger partial charge is 0.253 e. The maximum atomic E-state index is 13.3. The van der Waals surface area contributed by atoms with Gasteiger partial charge in [-0.1, -0.05) is 48.5 Å². The van der Waals surface area contributed by atoms with Gasteiger partial charge in [-0.05, 0) is 71.0 Å². The van der Waals surface area contributed by atoms with E-state index in [0.29, 0.717) is 78.9 Å². The first kappa shape index (κ1) is 42.0. The molecule has 0 radical (unpaired) electrons. The molecule has 2 unspecified atom stereocenters. The fourth-order valence-corrected chi connectivity index (χ4v) is 9.12. The van der Waals surface area contributed by atoms with Gasteiger partial charge in [0.1, 0.15) is 18.0 Å². The van der Waals surface area contributed by atoms with Crippen LogP contribution in [-0.2, 0) is 58.1 Å². The molecule has 6 aliphatic rings. The van der Waals surface area contributed by atoms with Crippen molar-refractivity contribution in [1.82, 2.24) is 19.6 Å². The minimum atomic E-state index is -0.444. The molecule has 2 fully saturated rings. The van der Waals surface area contributed by atoms with Crippen molar-refractivity contribution >= 4 is 11.8 Å². The van der Waals surface area contributed by atoms with Gasteiger partial charge in [-0.2, -0.15) is 0 Å². The number of fused-ring (bicyclic) bond motifs is 4. The number of hydrogen-bond donors (Lipinski definition) is 0. The SMILES string of the molecule is COc1ccccc1CN1CCOC(C(=O)N2CCc3cc4c(cc3C2)OCCCO4)C1.O=C(C1CN(Cc2ccccc2)CCO1)N1CCc2cc3c(cc2C1)OCCCO3. The Kier molecular flexibility index (Phi) is 13.4. The Labute approximate surface area is 364 Å². The fraction of sp³-hybridized carbons (Fsp3) is 0.469. The first-order chi connectivity index (χ1) is 30.5. The van der Waals surface area contributed by atoms with E-state index in [1.807, 2.05) is 40.1 Å². The topological polar surface area (TPSA) is 112 Å². The number of morpholine rings is 2. The first-order valence-corrected chi connectivity index (χ1v) is 22.2. The Balaban J connectivity index is 0.000000158. The second-order valence-electron chi connectivity index (χ2n) is 16.7. The molecule has 328 valence electrons. The van der Waals surface area contributed by atoms with Crippen LogP contribution in [0.4, 0.5) is 0 Å². The fourth-order valence-electron chi connectivity index (χ4n) is 9.12. The van der Waals surface area contributed by atoms with Gasteiger partial charge in [-0.3, -0.25) is 19.4 Å². The highest BCUT2D eigenvalue weighted by molar-refractivity contribution is 5.82. The average Bonchev–Trinajstić information content (AvgIpc) is 3.70. The van der Waals surface area contributed by atoms with Gasteiger partial charge in [0.25, 0.3) is 11.8 Å². The van der Waals surface area contributed by atoms with Crippen LogP contribution < -0.4 is 23.7 Å². The molecule has 6 heterocycles. The number of carbonyl (C=O) groups excluding carboxylic acids is 2. The number of amides is 2. The van der Waals surface area contributed by atoms with Crippen LogP contribution in [0.25, 0.3) is 0 Å². The molecule has 13 nitrogen and oxygen atoms in total. The maximum absolute atomic E-state index is 13.3. The van der Waals surface area contributed by atoms with Crippen LogP contribution in [0.15, 0.2) is 78.9 Å². The summed E-state index contributed by atoms with van der Waals surface area (Å²) in [5, 5.41) is 0. The number of carbonyl (C=O) groups is 2. The third-order valence-corrected chi connectivity index (χ3v) is 12.5. The molecule has 6 aliphatic heterocycles. The summed E-state index contributed by atoms with van der Waals surface area (Å²) in [5.74, 6) is 4.26. The Hall–Kier alpha value is -5.34. The zero-order chi connectivity index (χ0) is 42.3. The summed E-state index contributed by atoms with van der Waals surface area (Å²) < 4.78 is 40.6. The summed E-state index contributed by atoms with van der Waals surface area (Å²) in [6.07, 6.45) is 2.58. The Bertz CT molecular complexity index is 2190. The molecule has 2 atom stereocenters. The number of para-hydroxylation sites is 1. The van der Waals surface area contributed by atoms with E-state index in [-0.39, 0.29) is 11.8 Å². The maximum Gasteiger partial charge on any atom is 0.253 e. The summed E-state index contributed by atoms with van der Waals surface area (Å²) in [7, 11) is 1.69.